The van der Waals surface area contributed by atoms with Gasteiger partial charge in [-0.2, -0.15) is 0 Å². The van der Waals surface area contributed by atoms with Crippen LogP contribution in [-0.2, 0) is 19.3 Å². The molecular formula is C28H37IN2O. The molecule has 4 rings (SSSR count). The second-order valence-corrected chi connectivity index (χ2v) is 10.4. The van der Waals surface area contributed by atoms with E-state index in [4.69, 9.17) is 4.98 Å². The van der Waals surface area contributed by atoms with Gasteiger partial charge in [0.25, 0.3) is 0 Å². The Labute approximate surface area is 210 Å². The third-order valence-electron chi connectivity index (χ3n) is 6.74. The number of unbranched alkanes of at least 4 members (excludes halogenated alkanes) is 1. The molecule has 2 aliphatic carbocycles. The number of aromatic nitrogens is 1. The lowest BCUT2D eigenvalue weighted by molar-refractivity contribution is -0.872. The van der Waals surface area contributed by atoms with Gasteiger partial charge < -0.3 is 28.5 Å². The summed E-state index contributed by atoms with van der Waals surface area (Å²) in [5.41, 5.74) is 8.57. The number of benzene rings is 1. The molecule has 0 bridgehead atoms. The molecule has 2 aliphatic rings. The Bertz CT molecular complexity index is 989. The van der Waals surface area contributed by atoms with Gasteiger partial charge in [-0.3, -0.25) is 4.79 Å². The molecule has 4 heteroatoms. The number of rotatable bonds is 6. The minimum Gasteiger partial charge on any atom is -1.00 e. The first-order valence-corrected chi connectivity index (χ1v) is 12.0. The number of Topliss-reactive ketones (excluding diaryl/α,β-unsaturated/α-hetero) is 1. The number of allylic oxidation sites excluding steroid dienone is 1. The van der Waals surface area contributed by atoms with Crippen LogP contribution >= 0.6 is 0 Å². The first kappa shape index (κ1) is 25.1. The average molecular weight is 545 g/mol. The van der Waals surface area contributed by atoms with E-state index < -0.39 is 0 Å². The van der Waals surface area contributed by atoms with Crippen LogP contribution in [0.3, 0.4) is 0 Å². The topological polar surface area (TPSA) is 30.0 Å². The number of hydrogen-bond acceptors (Lipinski definition) is 2. The molecule has 0 aliphatic heterocycles. The SMILES string of the molecule is CCCCc1c2c(nc3c1CCC/C3=C\c1ccccc1)C(=O)C(C[N+](C)(C)C)CC2.[I-]. The van der Waals surface area contributed by atoms with Crippen molar-refractivity contribution in [3.05, 3.63) is 64.0 Å². The molecule has 3 nitrogen and oxygen atoms in total. The normalized spacial score (nSPS) is 19.3. The molecule has 0 N–H and O–H groups in total. The molecule has 1 unspecified atom stereocenters. The van der Waals surface area contributed by atoms with Crippen molar-refractivity contribution in [1.82, 2.24) is 4.98 Å². The first-order chi connectivity index (χ1) is 14.9. The van der Waals surface area contributed by atoms with Gasteiger partial charge in [0.1, 0.15) is 5.69 Å². The molecule has 32 heavy (non-hydrogen) atoms. The van der Waals surface area contributed by atoms with Crippen LogP contribution in [0.25, 0.3) is 11.6 Å². The number of hydrogen-bond donors (Lipinski definition) is 0. The second-order valence-electron chi connectivity index (χ2n) is 10.4. The number of ketones is 1. The number of halogens is 1. The number of carbonyl (C=O) groups is 1. The van der Waals surface area contributed by atoms with Gasteiger partial charge in [0.15, 0.2) is 5.78 Å². The lowest BCUT2D eigenvalue weighted by Crippen LogP contribution is -3.00. The zero-order valence-corrected chi connectivity index (χ0v) is 22.2. The van der Waals surface area contributed by atoms with Gasteiger partial charge in [0.2, 0.25) is 0 Å². The van der Waals surface area contributed by atoms with Crippen molar-refractivity contribution in [3.8, 4) is 0 Å². The van der Waals surface area contributed by atoms with Gasteiger partial charge in [-0.05, 0) is 78.8 Å². The zero-order valence-electron chi connectivity index (χ0n) is 20.1. The fraction of sp³-hybridized carbons (Fsp3) is 0.500. The van der Waals surface area contributed by atoms with Gasteiger partial charge in [-0.1, -0.05) is 43.7 Å². The summed E-state index contributed by atoms with van der Waals surface area (Å²) in [5, 5.41) is 0. The van der Waals surface area contributed by atoms with E-state index in [1.54, 1.807) is 0 Å². The molecule has 0 amide bonds. The molecule has 0 spiro atoms. The van der Waals surface area contributed by atoms with Crippen LogP contribution < -0.4 is 24.0 Å². The van der Waals surface area contributed by atoms with Crippen LogP contribution in [0.1, 0.15) is 77.5 Å². The second kappa shape index (κ2) is 10.6. The summed E-state index contributed by atoms with van der Waals surface area (Å²) in [6, 6.07) is 10.5. The van der Waals surface area contributed by atoms with Gasteiger partial charge in [0.05, 0.1) is 39.3 Å². The first-order valence-electron chi connectivity index (χ1n) is 12.0. The predicted molar refractivity (Wildman–Crippen MR) is 129 cm³/mol. The molecule has 1 atom stereocenters. The maximum atomic E-state index is 13.6. The van der Waals surface area contributed by atoms with E-state index in [2.05, 4.69) is 64.5 Å². The molecular weight excluding hydrogens is 507 g/mol. The summed E-state index contributed by atoms with van der Waals surface area (Å²) < 4.78 is 0.818. The van der Waals surface area contributed by atoms with Gasteiger partial charge in [0, 0.05) is 0 Å². The Morgan fingerprint density at radius 1 is 1.03 bits per heavy atom. The monoisotopic (exact) mass is 544 g/mol. The number of quaternary nitrogens is 1. The Balaban J connectivity index is 0.00000289. The highest BCUT2D eigenvalue weighted by molar-refractivity contribution is 6.00. The van der Waals surface area contributed by atoms with Crippen molar-refractivity contribution < 1.29 is 33.3 Å². The molecule has 1 heterocycles. The van der Waals surface area contributed by atoms with Gasteiger partial charge >= 0.3 is 0 Å². The van der Waals surface area contributed by atoms with E-state index >= 15 is 0 Å². The molecule has 0 fully saturated rings. The number of pyridine rings is 1. The number of nitrogens with zero attached hydrogens (tertiary/aromatic N) is 2. The number of carbonyl (C=O) groups excluding carboxylic acids is 1. The predicted octanol–water partition coefficient (Wildman–Crippen LogP) is 2.76. The fourth-order valence-electron chi connectivity index (χ4n) is 5.32. The van der Waals surface area contributed by atoms with Crippen molar-refractivity contribution in [2.75, 3.05) is 27.7 Å². The largest absolute Gasteiger partial charge is 1.00 e. The smallest absolute Gasteiger partial charge is 0.190 e. The highest BCUT2D eigenvalue weighted by atomic mass is 127. The van der Waals surface area contributed by atoms with E-state index in [0.29, 0.717) is 0 Å². The molecule has 2 aromatic rings. The summed E-state index contributed by atoms with van der Waals surface area (Å²) in [6.45, 7) is 3.14. The molecule has 0 saturated heterocycles. The van der Waals surface area contributed by atoms with Gasteiger partial charge in [-0.15, -0.1) is 0 Å². The van der Waals surface area contributed by atoms with Crippen molar-refractivity contribution in [2.24, 2.45) is 5.92 Å². The Morgan fingerprint density at radius 2 is 1.75 bits per heavy atom. The zero-order chi connectivity index (χ0) is 22.0. The summed E-state index contributed by atoms with van der Waals surface area (Å²) in [6.07, 6.45) is 11.0. The summed E-state index contributed by atoms with van der Waals surface area (Å²) in [7, 11) is 6.53. The minimum absolute atomic E-state index is 0. The van der Waals surface area contributed by atoms with Crippen molar-refractivity contribution in [3.63, 3.8) is 0 Å². The van der Waals surface area contributed by atoms with E-state index in [1.165, 1.54) is 47.1 Å². The van der Waals surface area contributed by atoms with Crippen LogP contribution in [0.2, 0.25) is 0 Å². The lowest BCUT2D eigenvalue weighted by Gasteiger charge is -2.33. The highest BCUT2D eigenvalue weighted by Crippen LogP contribution is 2.39. The van der Waals surface area contributed by atoms with Crippen LogP contribution in [0.5, 0.6) is 0 Å². The standard InChI is InChI=1S/C28H37N2O.HI/c1-5-6-14-23-24-15-10-13-21(18-20-11-8-7-9-12-20)26(24)29-27-25(23)17-16-22(28(27)31)19-30(2,3)4;/h7-9,11-12,18,22H,5-6,10,13-17,19H2,1-4H3;1H/q+1;/p-1/b21-18+;. The van der Waals surface area contributed by atoms with Crippen molar-refractivity contribution in [2.45, 2.75) is 58.3 Å². The molecule has 0 saturated carbocycles. The third-order valence-corrected chi connectivity index (χ3v) is 6.74. The highest BCUT2D eigenvalue weighted by Gasteiger charge is 2.36. The Hall–Kier alpha value is -1.53. The van der Waals surface area contributed by atoms with E-state index in [0.717, 1.165) is 54.5 Å². The molecule has 172 valence electrons. The Morgan fingerprint density at radius 3 is 2.44 bits per heavy atom. The van der Waals surface area contributed by atoms with Crippen molar-refractivity contribution in [1.29, 1.82) is 0 Å². The maximum Gasteiger partial charge on any atom is 0.190 e. The summed E-state index contributed by atoms with van der Waals surface area (Å²) in [5.74, 6) is 0.363. The summed E-state index contributed by atoms with van der Waals surface area (Å²) in [4.78, 5) is 18.7. The molecule has 1 aromatic carbocycles. The van der Waals surface area contributed by atoms with Crippen LogP contribution in [0.4, 0.5) is 0 Å². The summed E-state index contributed by atoms with van der Waals surface area (Å²) >= 11 is 0. The number of fused-ring (bicyclic) bond motifs is 2. The fourth-order valence-corrected chi connectivity index (χ4v) is 5.32. The van der Waals surface area contributed by atoms with E-state index in [-0.39, 0.29) is 35.7 Å². The van der Waals surface area contributed by atoms with Crippen LogP contribution in [0.15, 0.2) is 30.3 Å². The third kappa shape index (κ3) is 5.51. The lowest BCUT2D eigenvalue weighted by atomic mass is 9.77. The average Bonchev–Trinajstić information content (AvgIpc) is 2.74. The minimum atomic E-state index is 0. The Kier molecular flexibility index (Phi) is 8.31. The maximum absolute atomic E-state index is 13.6. The van der Waals surface area contributed by atoms with E-state index in [1.807, 2.05) is 0 Å². The van der Waals surface area contributed by atoms with Crippen molar-refractivity contribution >= 4 is 17.4 Å². The van der Waals surface area contributed by atoms with Crippen LogP contribution in [-0.4, -0.2) is 42.9 Å². The quantitative estimate of drug-likeness (QED) is 0.414. The van der Waals surface area contributed by atoms with E-state index in [9.17, 15) is 4.79 Å². The van der Waals surface area contributed by atoms with Crippen LogP contribution in [0, 0.1) is 5.92 Å². The molecule has 0 radical (unpaired) electrons. The molecule has 1 aromatic heterocycles. The van der Waals surface area contributed by atoms with Gasteiger partial charge in [-0.25, -0.2) is 4.98 Å².